The topological polar surface area (TPSA) is 192 Å². The van der Waals surface area contributed by atoms with Crippen LogP contribution in [0.5, 0.6) is 0 Å². The smallest absolute Gasteiger partial charge is 0.407 e. The van der Waals surface area contributed by atoms with Crippen LogP contribution in [0.1, 0.15) is 57.4 Å². The first kappa shape index (κ1) is 40.9. The zero-order valence-corrected chi connectivity index (χ0v) is 32.1. The molecule has 12 nitrogen and oxygen atoms in total. The standard InChI is InChI=1S/2C24H21NO5/c2*26-22(15-8-2-1-3-9-15)21(23(27)28)25-24(29)30-14-20-18-12-6-4-10-16(18)17-11-5-7-13-19(17)20/h2*1-13,20-22,26H,14H2,(H,25,29)(H,27,28)/t2*21-,22+/m10/s1. The first-order valence-electron chi connectivity index (χ1n) is 19.3. The molecule has 6 N–H and O–H groups in total. The Bertz CT molecular complexity index is 2210. The van der Waals surface area contributed by atoms with Crippen molar-refractivity contribution in [2.24, 2.45) is 0 Å². The van der Waals surface area contributed by atoms with Gasteiger partial charge in [-0.05, 0) is 55.6 Å². The Kier molecular flexibility index (Phi) is 12.6. The number of hydrogen-bond acceptors (Lipinski definition) is 8. The van der Waals surface area contributed by atoms with Crippen LogP contribution < -0.4 is 10.6 Å². The van der Waals surface area contributed by atoms with E-state index in [9.17, 15) is 39.6 Å². The summed E-state index contributed by atoms with van der Waals surface area (Å²) in [4.78, 5) is 47.9. The maximum absolute atomic E-state index is 12.4. The highest BCUT2D eigenvalue weighted by Gasteiger charge is 2.34. The van der Waals surface area contributed by atoms with E-state index in [-0.39, 0.29) is 25.0 Å². The highest BCUT2D eigenvalue weighted by molar-refractivity contribution is 5.83. The van der Waals surface area contributed by atoms with Crippen molar-refractivity contribution in [3.05, 3.63) is 191 Å². The van der Waals surface area contributed by atoms with Gasteiger partial charge in [0.2, 0.25) is 0 Å². The Morgan fingerprint density at radius 2 is 0.700 bits per heavy atom. The Balaban J connectivity index is 0.000000181. The minimum Gasteiger partial charge on any atom is -0.480 e. The van der Waals surface area contributed by atoms with Crippen molar-refractivity contribution in [1.82, 2.24) is 10.6 Å². The van der Waals surface area contributed by atoms with Gasteiger partial charge in [-0.3, -0.25) is 0 Å². The SMILES string of the molecule is O=C(N[C@@H](C(=O)O)[C@@H](O)c1ccccc1)OCC1c2ccccc2-c2ccccc21.O=C(N[C@H](C(=O)O)[C@H](O)c1ccccc1)OCC1c2ccccc2-c2ccccc21. The number of amides is 2. The Morgan fingerprint density at radius 1 is 0.433 bits per heavy atom. The number of aliphatic hydroxyl groups excluding tert-OH is 2. The lowest BCUT2D eigenvalue weighted by atomic mass is 9.98. The first-order chi connectivity index (χ1) is 29.1. The molecule has 4 atom stereocenters. The van der Waals surface area contributed by atoms with Crippen molar-refractivity contribution in [2.45, 2.75) is 36.1 Å². The molecule has 0 fully saturated rings. The van der Waals surface area contributed by atoms with Gasteiger partial charge in [0, 0.05) is 11.8 Å². The van der Waals surface area contributed by atoms with Crippen molar-refractivity contribution in [3.8, 4) is 22.3 Å². The summed E-state index contributed by atoms with van der Waals surface area (Å²) in [5.74, 6) is -2.96. The van der Waals surface area contributed by atoms with Crippen LogP contribution in [0.25, 0.3) is 22.3 Å². The van der Waals surface area contributed by atoms with Gasteiger partial charge in [0.1, 0.15) is 25.4 Å². The predicted octanol–water partition coefficient (Wildman–Crippen LogP) is 7.42. The third-order valence-electron chi connectivity index (χ3n) is 10.7. The van der Waals surface area contributed by atoms with Crippen LogP contribution in [0.3, 0.4) is 0 Å². The molecule has 0 aliphatic heterocycles. The second kappa shape index (κ2) is 18.5. The predicted molar refractivity (Wildman–Crippen MR) is 222 cm³/mol. The molecule has 12 heteroatoms. The number of carbonyl (C=O) groups excluding carboxylic acids is 2. The lowest BCUT2D eigenvalue weighted by Gasteiger charge is -2.21. The molecule has 0 bridgehead atoms. The molecule has 304 valence electrons. The number of carbonyl (C=O) groups is 4. The molecule has 2 aliphatic carbocycles. The van der Waals surface area contributed by atoms with Crippen LogP contribution in [0, 0.1) is 0 Å². The van der Waals surface area contributed by atoms with Gasteiger partial charge >= 0.3 is 24.1 Å². The van der Waals surface area contributed by atoms with E-state index in [1.807, 2.05) is 97.1 Å². The maximum Gasteiger partial charge on any atom is 0.407 e. The summed E-state index contributed by atoms with van der Waals surface area (Å²) in [5.41, 5.74) is 9.44. The summed E-state index contributed by atoms with van der Waals surface area (Å²) in [7, 11) is 0. The van der Waals surface area contributed by atoms with Crippen molar-refractivity contribution in [3.63, 3.8) is 0 Å². The fraction of sp³-hybridized carbons (Fsp3) is 0.167. The molecule has 0 spiro atoms. The third-order valence-corrected chi connectivity index (χ3v) is 10.7. The van der Waals surface area contributed by atoms with Gasteiger partial charge in [-0.2, -0.15) is 0 Å². The zero-order valence-electron chi connectivity index (χ0n) is 32.1. The molecule has 6 aromatic carbocycles. The summed E-state index contributed by atoms with van der Waals surface area (Å²) in [6.07, 6.45) is -4.58. The van der Waals surface area contributed by atoms with Crippen LogP contribution in [-0.2, 0) is 19.1 Å². The third kappa shape index (κ3) is 8.90. The number of ether oxygens (including phenoxy) is 2. The monoisotopic (exact) mass is 806 g/mol. The summed E-state index contributed by atoms with van der Waals surface area (Å²) in [6, 6.07) is 45.3. The maximum atomic E-state index is 12.4. The molecule has 0 heterocycles. The zero-order chi connectivity index (χ0) is 42.2. The number of rotatable bonds is 12. The largest absolute Gasteiger partial charge is 0.480 e. The van der Waals surface area contributed by atoms with Gasteiger partial charge in [0.05, 0.1) is 0 Å². The number of carboxylic acids is 2. The van der Waals surface area contributed by atoms with E-state index in [4.69, 9.17) is 9.47 Å². The van der Waals surface area contributed by atoms with Gasteiger partial charge in [0.15, 0.2) is 12.1 Å². The van der Waals surface area contributed by atoms with Crippen LogP contribution in [0.2, 0.25) is 0 Å². The van der Waals surface area contributed by atoms with Crippen LogP contribution in [0.15, 0.2) is 158 Å². The fourth-order valence-corrected chi connectivity index (χ4v) is 7.77. The minimum atomic E-state index is -1.52. The molecule has 0 unspecified atom stereocenters. The number of aliphatic hydroxyl groups is 2. The molecule has 2 aliphatic rings. The van der Waals surface area contributed by atoms with Crippen LogP contribution in [0.4, 0.5) is 9.59 Å². The number of hydrogen-bond donors (Lipinski definition) is 6. The van der Waals surface area contributed by atoms with Crippen LogP contribution in [-0.4, -0.2) is 69.8 Å². The van der Waals surface area contributed by atoms with Gasteiger partial charge in [-0.1, -0.05) is 158 Å². The second-order valence-electron chi connectivity index (χ2n) is 14.3. The van der Waals surface area contributed by atoms with E-state index in [2.05, 4.69) is 10.6 Å². The molecule has 6 aromatic rings. The molecule has 0 saturated carbocycles. The molecule has 0 radical (unpaired) electrons. The number of carboxylic acid groups (broad SMARTS) is 2. The van der Waals surface area contributed by atoms with E-state index < -0.39 is 48.4 Å². The highest BCUT2D eigenvalue weighted by atomic mass is 16.6. The summed E-state index contributed by atoms with van der Waals surface area (Å²) in [5, 5.41) is 44.3. The minimum absolute atomic E-state index is 0.0631. The summed E-state index contributed by atoms with van der Waals surface area (Å²) < 4.78 is 10.8. The van der Waals surface area contributed by atoms with Gasteiger partial charge in [-0.15, -0.1) is 0 Å². The van der Waals surface area contributed by atoms with E-state index in [0.717, 1.165) is 44.5 Å². The molecular formula is C48H42N2O10. The molecule has 0 aromatic heterocycles. The Hall–Kier alpha value is -7.28. The van der Waals surface area contributed by atoms with Gasteiger partial charge < -0.3 is 40.5 Å². The number of alkyl carbamates (subject to hydrolysis) is 2. The average Bonchev–Trinajstić information content (AvgIpc) is 3.78. The summed E-state index contributed by atoms with van der Waals surface area (Å²) in [6.45, 7) is 0.126. The fourth-order valence-electron chi connectivity index (χ4n) is 7.77. The average molecular weight is 807 g/mol. The molecule has 0 saturated heterocycles. The van der Waals surface area contributed by atoms with Crippen molar-refractivity contribution < 1.29 is 49.1 Å². The van der Waals surface area contributed by atoms with Gasteiger partial charge in [-0.25, -0.2) is 19.2 Å². The lowest BCUT2D eigenvalue weighted by Crippen LogP contribution is -2.45. The Morgan fingerprint density at radius 3 is 0.983 bits per heavy atom. The van der Waals surface area contributed by atoms with E-state index in [1.54, 1.807) is 60.7 Å². The second-order valence-corrected chi connectivity index (χ2v) is 14.3. The van der Waals surface area contributed by atoms with Crippen molar-refractivity contribution in [1.29, 1.82) is 0 Å². The number of benzene rings is 6. The van der Waals surface area contributed by atoms with Gasteiger partial charge in [0.25, 0.3) is 0 Å². The molecule has 2 amide bonds. The number of fused-ring (bicyclic) bond motifs is 6. The van der Waals surface area contributed by atoms with Crippen molar-refractivity contribution >= 4 is 24.1 Å². The van der Waals surface area contributed by atoms with Crippen molar-refractivity contribution in [2.75, 3.05) is 13.2 Å². The summed E-state index contributed by atoms with van der Waals surface area (Å²) >= 11 is 0. The normalized spacial score (nSPS) is 14.3. The molecule has 60 heavy (non-hydrogen) atoms. The Labute approximate surface area is 345 Å². The van der Waals surface area contributed by atoms with E-state index in [1.165, 1.54) is 0 Å². The first-order valence-corrected chi connectivity index (χ1v) is 19.3. The molecule has 8 rings (SSSR count). The van der Waals surface area contributed by atoms with E-state index >= 15 is 0 Å². The van der Waals surface area contributed by atoms with E-state index in [0.29, 0.717) is 11.1 Å². The number of aliphatic carboxylic acids is 2. The highest BCUT2D eigenvalue weighted by Crippen LogP contribution is 2.45. The lowest BCUT2D eigenvalue weighted by molar-refractivity contribution is -0.143. The quantitative estimate of drug-likeness (QED) is 0.0725. The molecular weight excluding hydrogens is 765 g/mol. The van der Waals surface area contributed by atoms with Crippen LogP contribution >= 0.6 is 0 Å². The number of nitrogens with one attached hydrogen (secondary N) is 2.